The molecule has 29 heavy (non-hydrogen) atoms. The summed E-state index contributed by atoms with van der Waals surface area (Å²) in [7, 11) is -3.41. The number of hydrogen-bond acceptors (Lipinski definition) is 5. The molecule has 0 spiro atoms. The lowest BCUT2D eigenvalue weighted by atomic mass is 10.1. The van der Waals surface area contributed by atoms with E-state index in [0.717, 1.165) is 31.5 Å². The molecule has 152 valence electrons. The third-order valence-corrected chi connectivity index (χ3v) is 7.71. The van der Waals surface area contributed by atoms with Gasteiger partial charge in [0.2, 0.25) is 11.8 Å². The molecule has 4 rings (SSSR count). The van der Waals surface area contributed by atoms with Gasteiger partial charge in [0.05, 0.1) is 6.61 Å². The second kappa shape index (κ2) is 8.74. The molecule has 2 heterocycles. The molecule has 0 N–H and O–H groups in total. The van der Waals surface area contributed by atoms with Crippen LogP contribution < -0.4 is 15.6 Å². The van der Waals surface area contributed by atoms with Gasteiger partial charge in [-0.25, -0.2) is 4.98 Å². The first kappa shape index (κ1) is 20.2. The second-order valence-electron chi connectivity index (χ2n) is 7.01. The number of nitrogens with zero attached hydrogens (tertiary/aromatic N) is 2. The zero-order valence-electron chi connectivity index (χ0n) is 16.4. The predicted molar refractivity (Wildman–Crippen MR) is 118 cm³/mol. The van der Waals surface area contributed by atoms with Crippen molar-refractivity contribution in [1.29, 1.82) is 0 Å². The highest BCUT2D eigenvalue weighted by molar-refractivity contribution is 7.74. The fourth-order valence-electron chi connectivity index (χ4n) is 3.58. The molecule has 2 aromatic carbocycles. The molecule has 3 aromatic rings. The van der Waals surface area contributed by atoms with E-state index >= 15 is 0 Å². The Kier molecular flexibility index (Phi) is 6.09. The van der Waals surface area contributed by atoms with Crippen molar-refractivity contribution in [1.82, 2.24) is 4.98 Å². The zero-order valence-corrected chi connectivity index (χ0v) is 18.0. The van der Waals surface area contributed by atoms with Crippen LogP contribution in [0, 0.1) is 0 Å². The van der Waals surface area contributed by atoms with Gasteiger partial charge in [-0.05, 0) is 62.6 Å². The highest BCUT2D eigenvalue weighted by Crippen LogP contribution is 2.48. The van der Waals surface area contributed by atoms with Crippen LogP contribution in [0.4, 0.5) is 5.88 Å². The first-order valence-corrected chi connectivity index (χ1v) is 11.9. The van der Waals surface area contributed by atoms with Crippen LogP contribution >= 0.6 is 19.0 Å². The Balaban J connectivity index is 1.87. The fourth-order valence-corrected chi connectivity index (χ4v) is 5.81. The number of aromatic nitrogens is 1. The minimum Gasteiger partial charge on any atom is -0.420 e. The van der Waals surface area contributed by atoms with Crippen molar-refractivity contribution in [2.45, 2.75) is 26.2 Å². The van der Waals surface area contributed by atoms with E-state index in [4.69, 9.17) is 25.5 Å². The Morgan fingerprint density at radius 2 is 1.76 bits per heavy atom. The van der Waals surface area contributed by atoms with Crippen molar-refractivity contribution in [3.63, 3.8) is 0 Å². The minimum absolute atomic E-state index is 0.314. The number of piperidine rings is 1. The van der Waals surface area contributed by atoms with Gasteiger partial charge in [0.15, 0.2) is 5.44 Å². The summed E-state index contributed by atoms with van der Waals surface area (Å²) in [6.07, 6.45) is 3.33. The molecule has 1 aliphatic heterocycles. The Morgan fingerprint density at radius 1 is 1.07 bits per heavy atom. The summed E-state index contributed by atoms with van der Waals surface area (Å²) >= 11 is 6.03. The monoisotopic (exact) mass is 430 g/mol. The molecule has 1 fully saturated rings. The molecule has 0 unspecified atom stereocenters. The molecule has 0 amide bonds. The van der Waals surface area contributed by atoms with Crippen molar-refractivity contribution in [3.8, 4) is 11.5 Å². The Bertz CT molecular complexity index is 999. The van der Waals surface area contributed by atoms with Crippen molar-refractivity contribution in [3.05, 3.63) is 59.6 Å². The molecule has 0 saturated carbocycles. The summed E-state index contributed by atoms with van der Waals surface area (Å²) in [5.74, 6) is 0.975. The molecular weight excluding hydrogens is 407 g/mol. The smallest absolute Gasteiger partial charge is 0.284 e. The minimum atomic E-state index is -3.41. The van der Waals surface area contributed by atoms with Crippen molar-refractivity contribution in [2.75, 3.05) is 24.6 Å². The van der Waals surface area contributed by atoms with Crippen LogP contribution in [0.1, 0.15) is 26.2 Å². The van der Waals surface area contributed by atoms with Gasteiger partial charge in [0, 0.05) is 29.0 Å². The van der Waals surface area contributed by atoms with E-state index in [9.17, 15) is 4.57 Å². The number of hydrogen-bond donors (Lipinski definition) is 0. The number of benzene rings is 2. The Labute approximate surface area is 176 Å². The number of halogens is 1. The summed E-state index contributed by atoms with van der Waals surface area (Å²) in [5.41, 5.74) is 1.17. The highest BCUT2D eigenvalue weighted by Gasteiger charge is 2.38. The summed E-state index contributed by atoms with van der Waals surface area (Å²) in [6, 6.07) is 16.6. The van der Waals surface area contributed by atoms with Gasteiger partial charge >= 0.3 is 0 Å². The van der Waals surface area contributed by atoms with Crippen molar-refractivity contribution in [2.24, 2.45) is 0 Å². The molecule has 0 radical (unpaired) electrons. The SMILES string of the molecule is CCO[P@@](=O)(c1ccccc1)c1nc(-c2ccc(Cl)cc2)oc1N1CCCCC1. The average Bonchev–Trinajstić information content (AvgIpc) is 3.22. The van der Waals surface area contributed by atoms with Gasteiger partial charge in [0.25, 0.3) is 7.37 Å². The lowest BCUT2D eigenvalue weighted by Crippen LogP contribution is -2.34. The van der Waals surface area contributed by atoms with Crippen LogP contribution in [-0.4, -0.2) is 24.7 Å². The van der Waals surface area contributed by atoms with Gasteiger partial charge in [0.1, 0.15) is 0 Å². The summed E-state index contributed by atoms with van der Waals surface area (Å²) < 4.78 is 26.3. The van der Waals surface area contributed by atoms with Gasteiger partial charge in [-0.2, -0.15) is 0 Å². The van der Waals surface area contributed by atoms with Crippen LogP contribution in [-0.2, 0) is 9.09 Å². The molecular formula is C22H24ClN2O3P. The van der Waals surface area contributed by atoms with E-state index in [1.54, 1.807) is 12.1 Å². The Hall–Kier alpha value is -2.07. The van der Waals surface area contributed by atoms with Crippen LogP contribution in [0.2, 0.25) is 5.02 Å². The zero-order chi connectivity index (χ0) is 20.3. The normalized spacial score (nSPS) is 16.6. The highest BCUT2D eigenvalue weighted by atomic mass is 35.5. The molecule has 1 aromatic heterocycles. The topological polar surface area (TPSA) is 55.6 Å². The van der Waals surface area contributed by atoms with Crippen LogP contribution in [0.25, 0.3) is 11.5 Å². The standard InChI is InChI=1S/C22H24ClN2O3P/c1-2-27-29(26,19-9-5-3-6-10-19)21-22(25-15-7-4-8-16-25)28-20(24-21)17-11-13-18(23)14-12-17/h3,5-6,9-14H,2,4,7-8,15-16H2,1H3/t29-/m0/s1. The third-order valence-electron chi connectivity index (χ3n) is 5.01. The number of anilines is 1. The summed E-state index contributed by atoms with van der Waals surface area (Å²) in [4.78, 5) is 6.85. The number of oxazole rings is 1. The largest absolute Gasteiger partial charge is 0.420 e. The molecule has 5 nitrogen and oxygen atoms in total. The third kappa shape index (κ3) is 4.13. The van der Waals surface area contributed by atoms with Gasteiger partial charge < -0.3 is 13.8 Å². The van der Waals surface area contributed by atoms with E-state index in [2.05, 4.69) is 4.90 Å². The maximum absolute atomic E-state index is 14.2. The molecule has 1 aliphatic rings. The van der Waals surface area contributed by atoms with E-state index in [1.165, 1.54) is 6.42 Å². The fraction of sp³-hybridized carbons (Fsp3) is 0.318. The average molecular weight is 431 g/mol. The lowest BCUT2D eigenvalue weighted by molar-refractivity contribution is 0.347. The van der Waals surface area contributed by atoms with E-state index in [1.807, 2.05) is 49.4 Å². The van der Waals surface area contributed by atoms with Gasteiger partial charge in [-0.3, -0.25) is 4.57 Å². The summed E-state index contributed by atoms with van der Waals surface area (Å²) in [5, 5.41) is 1.26. The molecule has 1 atom stereocenters. The van der Waals surface area contributed by atoms with Crippen molar-refractivity contribution >= 4 is 35.6 Å². The first-order chi connectivity index (χ1) is 14.1. The van der Waals surface area contributed by atoms with E-state index in [0.29, 0.717) is 34.1 Å². The van der Waals surface area contributed by atoms with E-state index in [-0.39, 0.29) is 0 Å². The molecule has 0 aliphatic carbocycles. The van der Waals surface area contributed by atoms with Gasteiger partial charge in [-0.15, -0.1) is 0 Å². The number of rotatable bonds is 6. The second-order valence-corrected chi connectivity index (χ2v) is 9.74. The van der Waals surface area contributed by atoms with Crippen LogP contribution in [0.15, 0.2) is 59.0 Å². The maximum Gasteiger partial charge on any atom is 0.284 e. The molecule has 1 saturated heterocycles. The van der Waals surface area contributed by atoms with Crippen LogP contribution in [0.3, 0.4) is 0 Å². The maximum atomic E-state index is 14.2. The van der Waals surface area contributed by atoms with Gasteiger partial charge in [-0.1, -0.05) is 29.8 Å². The molecule has 7 heteroatoms. The van der Waals surface area contributed by atoms with Crippen molar-refractivity contribution < 1.29 is 13.5 Å². The molecule has 0 bridgehead atoms. The first-order valence-electron chi connectivity index (χ1n) is 9.94. The van der Waals surface area contributed by atoms with Crippen LogP contribution in [0.5, 0.6) is 0 Å². The summed E-state index contributed by atoms with van der Waals surface area (Å²) in [6.45, 7) is 3.86. The Morgan fingerprint density at radius 3 is 2.41 bits per heavy atom. The predicted octanol–water partition coefficient (Wildman–Crippen LogP) is 5.25. The lowest BCUT2D eigenvalue weighted by Gasteiger charge is -2.28. The van der Waals surface area contributed by atoms with E-state index < -0.39 is 7.37 Å². The quantitative estimate of drug-likeness (QED) is 0.500.